The van der Waals surface area contributed by atoms with Crippen LogP contribution < -0.4 is 10.6 Å². The summed E-state index contributed by atoms with van der Waals surface area (Å²) in [6.45, 7) is 6.45. The zero-order valence-corrected chi connectivity index (χ0v) is 12.8. The average Bonchev–Trinajstić information content (AvgIpc) is 2.58. The number of fused-ring (bicyclic) bond motifs is 1. The molecule has 0 spiro atoms. The summed E-state index contributed by atoms with van der Waals surface area (Å²) in [4.78, 5) is 3.12. The molecule has 1 aromatic carbocycles. The van der Waals surface area contributed by atoms with Gasteiger partial charge in [-0.05, 0) is 37.3 Å². The summed E-state index contributed by atoms with van der Waals surface area (Å²) in [6.07, 6.45) is 4.76. The Morgan fingerprint density at radius 1 is 1.32 bits per heavy atom. The summed E-state index contributed by atoms with van der Waals surface area (Å²) < 4.78 is 0. The molecule has 0 radical (unpaired) electrons. The monoisotopic (exact) mass is 276 g/mol. The van der Waals surface area contributed by atoms with E-state index in [1.54, 1.807) is 0 Å². The van der Waals surface area contributed by atoms with Crippen molar-refractivity contribution in [2.45, 2.75) is 39.5 Å². The Morgan fingerprint density at radius 3 is 2.79 bits per heavy atom. The number of para-hydroxylation sites is 1. The first-order valence-corrected chi connectivity index (χ1v) is 7.54. The standard InChI is InChI=1S/C16H24N2S/c1-16(2,15(17)19)10-12-18-11-6-5-8-13-7-3-4-9-14(13)18/h3-4,7,9H,5-6,8,10-12H2,1-2H3,(H2,17,19). The van der Waals surface area contributed by atoms with Crippen LogP contribution in [0.25, 0.3) is 0 Å². The zero-order chi connectivity index (χ0) is 13.9. The maximum Gasteiger partial charge on any atom is 0.0785 e. The van der Waals surface area contributed by atoms with Crippen LogP contribution in [0.5, 0.6) is 0 Å². The van der Waals surface area contributed by atoms with E-state index >= 15 is 0 Å². The number of hydrogen-bond acceptors (Lipinski definition) is 2. The molecule has 0 aromatic heterocycles. The smallest absolute Gasteiger partial charge is 0.0785 e. The summed E-state index contributed by atoms with van der Waals surface area (Å²) in [5.41, 5.74) is 8.65. The van der Waals surface area contributed by atoms with Crippen LogP contribution in [0.2, 0.25) is 0 Å². The molecule has 104 valence electrons. The predicted octanol–water partition coefficient (Wildman–Crippen LogP) is 3.53. The van der Waals surface area contributed by atoms with E-state index in [9.17, 15) is 0 Å². The van der Waals surface area contributed by atoms with E-state index in [-0.39, 0.29) is 5.41 Å². The fourth-order valence-corrected chi connectivity index (χ4v) is 2.64. The summed E-state index contributed by atoms with van der Waals surface area (Å²) in [7, 11) is 0. The van der Waals surface area contributed by atoms with Crippen molar-refractivity contribution in [3.05, 3.63) is 29.8 Å². The molecule has 3 heteroatoms. The third kappa shape index (κ3) is 3.47. The molecular formula is C16H24N2S. The number of rotatable bonds is 4. The first-order valence-electron chi connectivity index (χ1n) is 7.13. The van der Waals surface area contributed by atoms with Crippen LogP contribution in [0.4, 0.5) is 5.69 Å². The molecule has 1 aliphatic heterocycles. The number of thiocarbonyl (C=S) groups is 1. The van der Waals surface area contributed by atoms with E-state index in [1.165, 1.54) is 30.5 Å². The quantitative estimate of drug-likeness (QED) is 0.853. The van der Waals surface area contributed by atoms with Crippen molar-refractivity contribution < 1.29 is 0 Å². The molecule has 2 nitrogen and oxygen atoms in total. The number of aryl methyl sites for hydroxylation is 1. The molecule has 1 heterocycles. The molecule has 2 rings (SSSR count). The lowest BCUT2D eigenvalue weighted by molar-refractivity contribution is 0.474. The highest BCUT2D eigenvalue weighted by Crippen LogP contribution is 2.28. The lowest BCUT2D eigenvalue weighted by Crippen LogP contribution is -2.35. The Balaban J connectivity index is 2.10. The van der Waals surface area contributed by atoms with E-state index in [1.807, 2.05) is 0 Å². The van der Waals surface area contributed by atoms with Crippen LogP contribution in [0, 0.1) is 5.41 Å². The van der Waals surface area contributed by atoms with Gasteiger partial charge in [0.25, 0.3) is 0 Å². The van der Waals surface area contributed by atoms with Gasteiger partial charge in [0.2, 0.25) is 0 Å². The summed E-state index contributed by atoms with van der Waals surface area (Å²) >= 11 is 5.16. The van der Waals surface area contributed by atoms with Gasteiger partial charge in [-0.3, -0.25) is 0 Å². The van der Waals surface area contributed by atoms with E-state index in [4.69, 9.17) is 18.0 Å². The normalized spacial score (nSPS) is 15.8. The largest absolute Gasteiger partial charge is 0.393 e. The molecule has 0 atom stereocenters. The van der Waals surface area contributed by atoms with Gasteiger partial charge in [0.1, 0.15) is 0 Å². The van der Waals surface area contributed by atoms with Gasteiger partial charge in [-0.2, -0.15) is 0 Å². The molecule has 1 aliphatic rings. The Labute approximate surface area is 122 Å². The fraction of sp³-hybridized carbons (Fsp3) is 0.562. The molecule has 0 saturated carbocycles. The highest BCUT2D eigenvalue weighted by Gasteiger charge is 2.23. The minimum atomic E-state index is -0.0589. The molecular weight excluding hydrogens is 252 g/mol. The van der Waals surface area contributed by atoms with Crippen molar-refractivity contribution >= 4 is 22.9 Å². The highest BCUT2D eigenvalue weighted by molar-refractivity contribution is 7.80. The van der Waals surface area contributed by atoms with E-state index in [0.717, 1.165) is 19.5 Å². The van der Waals surface area contributed by atoms with Crippen molar-refractivity contribution in [3.63, 3.8) is 0 Å². The van der Waals surface area contributed by atoms with Crippen molar-refractivity contribution in [1.29, 1.82) is 0 Å². The van der Waals surface area contributed by atoms with Crippen LogP contribution in [0.15, 0.2) is 24.3 Å². The minimum Gasteiger partial charge on any atom is -0.393 e. The maximum atomic E-state index is 5.82. The van der Waals surface area contributed by atoms with Crippen molar-refractivity contribution in [1.82, 2.24) is 0 Å². The van der Waals surface area contributed by atoms with Gasteiger partial charge in [0.15, 0.2) is 0 Å². The molecule has 0 unspecified atom stereocenters. The predicted molar refractivity (Wildman–Crippen MR) is 86.8 cm³/mol. The molecule has 2 N–H and O–H groups in total. The number of anilines is 1. The molecule has 0 saturated heterocycles. The molecule has 19 heavy (non-hydrogen) atoms. The Morgan fingerprint density at radius 2 is 2.05 bits per heavy atom. The average molecular weight is 276 g/mol. The molecule has 0 bridgehead atoms. The number of benzene rings is 1. The lowest BCUT2D eigenvalue weighted by atomic mass is 9.89. The second-order valence-electron chi connectivity index (χ2n) is 6.07. The van der Waals surface area contributed by atoms with Crippen LogP contribution >= 0.6 is 12.2 Å². The second-order valence-corrected chi connectivity index (χ2v) is 6.51. The van der Waals surface area contributed by atoms with Gasteiger partial charge in [0.05, 0.1) is 4.99 Å². The van der Waals surface area contributed by atoms with E-state index < -0.39 is 0 Å². The number of nitrogens with zero attached hydrogens (tertiary/aromatic N) is 1. The van der Waals surface area contributed by atoms with Crippen LogP contribution in [0.1, 0.15) is 38.7 Å². The Hall–Kier alpha value is -1.09. The van der Waals surface area contributed by atoms with E-state index in [0.29, 0.717) is 4.99 Å². The maximum absolute atomic E-state index is 5.82. The third-order valence-electron chi connectivity index (χ3n) is 4.13. The van der Waals surface area contributed by atoms with Gasteiger partial charge in [-0.25, -0.2) is 0 Å². The van der Waals surface area contributed by atoms with Gasteiger partial charge in [-0.15, -0.1) is 0 Å². The van der Waals surface area contributed by atoms with Gasteiger partial charge in [0, 0.05) is 24.2 Å². The third-order valence-corrected chi connectivity index (χ3v) is 4.68. The highest BCUT2D eigenvalue weighted by atomic mass is 32.1. The van der Waals surface area contributed by atoms with Gasteiger partial charge >= 0.3 is 0 Å². The number of hydrogen-bond donors (Lipinski definition) is 1. The van der Waals surface area contributed by atoms with Crippen LogP contribution in [-0.2, 0) is 6.42 Å². The van der Waals surface area contributed by atoms with Crippen molar-refractivity contribution in [3.8, 4) is 0 Å². The van der Waals surface area contributed by atoms with Crippen LogP contribution in [0.3, 0.4) is 0 Å². The summed E-state index contributed by atoms with van der Waals surface area (Å²) in [5.74, 6) is 0. The topological polar surface area (TPSA) is 29.3 Å². The summed E-state index contributed by atoms with van der Waals surface area (Å²) in [5, 5.41) is 0. The Bertz CT molecular complexity index is 454. The van der Waals surface area contributed by atoms with E-state index in [2.05, 4.69) is 43.0 Å². The first kappa shape index (κ1) is 14.3. The Kier molecular flexibility index (Phi) is 4.46. The minimum absolute atomic E-state index is 0.0589. The molecule has 1 aromatic rings. The SMILES string of the molecule is CC(C)(CCN1CCCCc2ccccc21)C(N)=S. The lowest BCUT2D eigenvalue weighted by Gasteiger charge is -2.30. The van der Waals surface area contributed by atoms with Crippen molar-refractivity contribution in [2.24, 2.45) is 11.1 Å². The van der Waals surface area contributed by atoms with Crippen LogP contribution in [-0.4, -0.2) is 18.1 Å². The van der Waals surface area contributed by atoms with Gasteiger partial charge in [-0.1, -0.05) is 44.3 Å². The second kappa shape index (κ2) is 5.91. The molecule has 0 fully saturated rings. The fourth-order valence-electron chi connectivity index (χ4n) is 2.54. The zero-order valence-electron chi connectivity index (χ0n) is 12.0. The first-order chi connectivity index (χ1) is 9.00. The molecule has 0 amide bonds. The van der Waals surface area contributed by atoms with Crippen molar-refractivity contribution in [2.75, 3.05) is 18.0 Å². The summed E-state index contributed by atoms with van der Waals surface area (Å²) in [6, 6.07) is 8.78. The van der Waals surface area contributed by atoms with Gasteiger partial charge < -0.3 is 10.6 Å². The number of nitrogens with two attached hydrogens (primary N) is 1. The molecule has 0 aliphatic carbocycles.